The van der Waals surface area contributed by atoms with Gasteiger partial charge in [-0.15, -0.1) is 0 Å². The van der Waals surface area contributed by atoms with Crippen molar-refractivity contribution in [1.82, 2.24) is 14.1 Å². The average molecular weight is 464 g/mol. The molecule has 0 aliphatic carbocycles. The van der Waals surface area contributed by atoms with E-state index < -0.39 is 10.0 Å². The molecule has 4 rings (SSSR count). The summed E-state index contributed by atoms with van der Waals surface area (Å²) in [5.74, 6) is 0. The minimum Gasteiger partial charge on any atom is -0.297 e. The highest BCUT2D eigenvalue weighted by Crippen LogP contribution is 2.26. The van der Waals surface area contributed by atoms with E-state index in [1.807, 2.05) is 6.07 Å². The van der Waals surface area contributed by atoms with Crippen molar-refractivity contribution in [2.75, 3.05) is 39.3 Å². The lowest BCUT2D eigenvalue weighted by Crippen LogP contribution is -2.52. The van der Waals surface area contributed by atoms with Crippen molar-refractivity contribution in [2.24, 2.45) is 0 Å². The Morgan fingerprint density at radius 3 is 2.29 bits per heavy atom. The van der Waals surface area contributed by atoms with Gasteiger partial charge in [0.2, 0.25) is 10.0 Å². The molecule has 2 heterocycles. The van der Waals surface area contributed by atoms with Gasteiger partial charge >= 0.3 is 0 Å². The van der Waals surface area contributed by atoms with Crippen molar-refractivity contribution in [2.45, 2.75) is 23.9 Å². The van der Waals surface area contributed by atoms with Crippen molar-refractivity contribution in [1.29, 1.82) is 0 Å². The Morgan fingerprint density at radius 2 is 1.57 bits per heavy atom. The Balaban J connectivity index is 1.33. The van der Waals surface area contributed by atoms with Gasteiger partial charge in [0.25, 0.3) is 0 Å². The first-order valence-electron chi connectivity index (χ1n) is 9.79. The van der Waals surface area contributed by atoms with Crippen LogP contribution in [0.2, 0.25) is 0 Å². The fourth-order valence-electron chi connectivity index (χ4n) is 4.20. The van der Waals surface area contributed by atoms with Crippen molar-refractivity contribution >= 4 is 26.0 Å². The molecule has 1 unspecified atom stereocenters. The number of hydrogen-bond acceptors (Lipinski definition) is 4. The van der Waals surface area contributed by atoms with Gasteiger partial charge in [0, 0.05) is 56.3 Å². The summed E-state index contributed by atoms with van der Waals surface area (Å²) in [6, 6.07) is 18.2. The van der Waals surface area contributed by atoms with Gasteiger partial charge in [-0.05, 0) is 40.0 Å². The van der Waals surface area contributed by atoms with Gasteiger partial charge in [-0.1, -0.05) is 42.5 Å². The first-order chi connectivity index (χ1) is 13.5. The van der Waals surface area contributed by atoms with Gasteiger partial charge in [0.15, 0.2) is 0 Å². The average Bonchev–Trinajstić information content (AvgIpc) is 3.17. The second-order valence-electron chi connectivity index (χ2n) is 7.53. The van der Waals surface area contributed by atoms with E-state index in [9.17, 15) is 8.42 Å². The number of sulfonamides is 1. The lowest BCUT2D eigenvalue weighted by molar-refractivity contribution is 0.136. The molecule has 2 aliphatic rings. The van der Waals surface area contributed by atoms with Crippen LogP contribution in [0.1, 0.15) is 12.0 Å². The normalized spacial score (nSPS) is 22.5. The van der Waals surface area contributed by atoms with E-state index in [-0.39, 0.29) is 0 Å². The van der Waals surface area contributed by atoms with E-state index in [1.54, 1.807) is 22.5 Å². The Labute approximate surface area is 176 Å². The fourth-order valence-corrected chi connectivity index (χ4v) is 6.58. The van der Waals surface area contributed by atoms with E-state index >= 15 is 0 Å². The summed E-state index contributed by atoms with van der Waals surface area (Å²) >= 11 is 3.38. The second-order valence-corrected chi connectivity index (χ2v) is 10.3. The first kappa shape index (κ1) is 20.0. The third-order valence-corrected chi connectivity index (χ3v) is 8.65. The zero-order chi connectivity index (χ0) is 19.6. The number of benzene rings is 2. The van der Waals surface area contributed by atoms with E-state index in [2.05, 4.69) is 56.1 Å². The van der Waals surface area contributed by atoms with Crippen LogP contribution in [0.5, 0.6) is 0 Å². The molecule has 2 aliphatic heterocycles. The van der Waals surface area contributed by atoms with Crippen molar-refractivity contribution in [3.63, 3.8) is 0 Å². The molecule has 150 valence electrons. The lowest BCUT2D eigenvalue weighted by Gasteiger charge is -2.37. The summed E-state index contributed by atoms with van der Waals surface area (Å²) in [7, 11) is -3.44. The molecule has 0 amide bonds. The number of piperazine rings is 1. The highest BCUT2D eigenvalue weighted by Gasteiger charge is 2.34. The van der Waals surface area contributed by atoms with E-state index in [1.165, 1.54) is 5.56 Å². The van der Waals surface area contributed by atoms with Crippen LogP contribution >= 0.6 is 15.9 Å². The molecule has 0 spiro atoms. The van der Waals surface area contributed by atoms with Crippen molar-refractivity contribution in [3.8, 4) is 0 Å². The summed E-state index contributed by atoms with van der Waals surface area (Å²) in [6.07, 6.45) is 1.16. The fraction of sp³-hybridized carbons (Fsp3) is 0.429. The van der Waals surface area contributed by atoms with Crippen LogP contribution < -0.4 is 0 Å². The maximum Gasteiger partial charge on any atom is 0.244 e. The van der Waals surface area contributed by atoms with Gasteiger partial charge in [0.05, 0.1) is 4.90 Å². The Morgan fingerprint density at radius 1 is 0.893 bits per heavy atom. The Hall–Kier alpha value is -1.25. The summed E-state index contributed by atoms with van der Waals surface area (Å²) in [5, 5.41) is 0. The standard InChI is InChI=1S/C21H26BrN3O2S/c22-20-8-4-5-9-21(20)28(26,27)25-14-12-24(13-15-25)19-10-11-23(17-19)16-18-6-2-1-3-7-18/h1-9,19H,10-17H2. The van der Waals surface area contributed by atoms with Crippen LogP contribution in [-0.4, -0.2) is 67.8 Å². The van der Waals surface area contributed by atoms with Crippen molar-refractivity contribution < 1.29 is 8.42 Å². The third kappa shape index (κ3) is 4.33. The smallest absolute Gasteiger partial charge is 0.244 e. The summed E-state index contributed by atoms with van der Waals surface area (Å²) in [5.41, 5.74) is 1.35. The van der Waals surface area contributed by atoms with E-state index in [4.69, 9.17) is 0 Å². The summed E-state index contributed by atoms with van der Waals surface area (Å²) in [4.78, 5) is 5.33. The number of halogens is 1. The van der Waals surface area contributed by atoms with E-state index in [0.29, 0.717) is 28.5 Å². The number of likely N-dealkylation sites (tertiary alicyclic amines) is 1. The molecular weight excluding hydrogens is 438 g/mol. The maximum absolute atomic E-state index is 13.0. The van der Waals surface area contributed by atoms with Crippen LogP contribution in [0.15, 0.2) is 64.0 Å². The van der Waals surface area contributed by atoms with Gasteiger partial charge < -0.3 is 0 Å². The third-order valence-electron chi connectivity index (χ3n) is 5.74. The minimum absolute atomic E-state index is 0.360. The molecule has 0 bridgehead atoms. The molecule has 0 radical (unpaired) electrons. The van der Waals surface area contributed by atoms with Gasteiger partial charge in [-0.25, -0.2) is 8.42 Å². The molecule has 28 heavy (non-hydrogen) atoms. The maximum atomic E-state index is 13.0. The topological polar surface area (TPSA) is 43.9 Å². The molecular formula is C21H26BrN3O2S. The quantitative estimate of drug-likeness (QED) is 0.683. The van der Waals surface area contributed by atoms with Crippen LogP contribution in [0.4, 0.5) is 0 Å². The molecule has 2 saturated heterocycles. The summed E-state index contributed by atoms with van der Waals surface area (Å²) in [6.45, 7) is 5.87. The van der Waals surface area contributed by atoms with Gasteiger partial charge in [-0.2, -0.15) is 4.31 Å². The highest BCUT2D eigenvalue weighted by atomic mass is 79.9. The molecule has 0 N–H and O–H groups in total. The van der Waals surface area contributed by atoms with Crippen LogP contribution in [0, 0.1) is 0 Å². The largest absolute Gasteiger partial charge is 0.297 e. The van der Waals surface area contributed by atoms with Crippen molar-refractivity contribution in [3.05, 3.63) is 64.6 Å². The first-order valence-corrected chi connectivity index (χ1v) is 12.0. The number of hydrogen-bond donors (Lipinski definition) is 0. The molecule has 2 fully saturated rings. The van der Waals surface area contributed by atoms with Crippen LogP contribution in [-0.2, 0) is 16.6 Å². The molecule has 5 nitrogen and oxygen atoms in total. The van der Waals surface area contributed by atoms with Gasteiger partial charge in [0.1, 0.15) is 0 Å². The molecule has 2 aromatic carbocycles. The molecule has 0 aromatic heterocycles. The van der Waals surface area contributed by atoms with Crippen LogP contribution in [0.25, 0.3) is 0 Å². The molecule has 7 heteroatoms. The van der Waals surface area contributed by atoms with Gasteiger partial charge in [-0.3, -0.25) is 9.80 Å². The SMILES string of the molecule is O=S(=O)(c1ccccc1Br)N1CCN(C2CCN(Cc3ccccc3)C2)CC1. The zero-order valence-electron chi connectivity index (χ0n) is 15.9. The predicted molar refractivity (Wildman–Crippen MR) is 115 cm³/mol. The second kappa shape index (κ2) is 8.63. The molecule has 2 aromatic rings. The molecule has 1 atom stereocenters. The zero-order valence-corrected chi connectivity index (χ0v) is 18.3. The Kier molecular flexibility index (Phi) is 6.18. The number of rotatable bonds is 5. The van der Waals surface area contributed by atoms with E-state index in [0.717, 1.165) is 39.1 Å². The molecule has 0 saturated carbocycles. The summed E-state index contributed by atoms with van der Waals surface area (Å²) < 4.78 is 28.2. The lowest BCUT2D eigenvalue weighted by atomic mass is 10.2. The predicted octanol–water partition coefficient (Wildman–Crippen LogP) is 3.03. The monoisotopic (exact) mass is 463 g/mol. The Bertz CT molecular complexity index is 899. The minimum atomic E-state index is -3.44. The van der Waals surface area contributed by atoms with Crippen LogP contribution in [0.3, 0.4) is 0 Å². The highest BCUT2D eigenvalue weighted by molar-refractivity contribution is 9.10. The number of nitrogens with zero attached hydrogens (tertiary/aromatic N) is 3.